The van der Waals surface area contributed by atoms with E-state index in [4.69, 9.17) is 0 Å². The lowest BCUT2D eigenvalue weighted by Gasteiger charge is -2.49. The fourth-order valence-electron chi connectivity index (χ4n) is 13.2. The molecule has 4 aliphatic rings. The van der Waals surface area contributed by atoms with Gasteiger partial charge >= 0.3 is 23.9 Å². The van der Waals surface area contributed by atoms with Crippen molar-refractivity contribution in [2.75, 3.05) is 0 Å². The second-order valence-corrected chi connectivity index (χ2v) is 33.6. The van der Waals surface area contributed by atoms with E-state index in [9.17, 15) is 45.6 Å². The van der Waals surface area contributed by atoms with Gasteiger partial charge in [-0.25, -0.2) is 19.2 Å². The number of aliphatic carboxylic acids is 4. The molecule has 0 fully saturated rings. The van der Waals surface area contributed by atoms with Crippen molar-refractivity contribution in [1.82, 2.24) is 0 Å². The summed E-state index contributed by atoms with van der Waals surface area (Å²) in [5.74, 6) is -9.35. The molecule has 8 N–H and O–H groups in total. The maximum absolute atomic E-state index is 15.3. The van der Waals surface area contributed by atoms with Gasteiger partial charge in [0.15, 0.2) is 0 Å². The molecule has 12 nitrogen and oxygen atoms in total. The minimum atomic E-state index is -2.78. The summed E-state index contributed by atoms with van der Waals surface area (Å²) in [4.78, 5) is 60.2. The van der Waals surface area contributed by atoms with Gasteiger partial charge in [-0.2, -0.15) is 0 Å². The second-order valence-electron chi connectivity index (χ2n) is 33.6. The summed E-state index contributed by atoms with van der Waals surface area (Å²) in [7, 11) is 0. The Morgan fingerprint density at radius 3 is 0.706 bits per heavy atom. The van der Waals surface area contributed by atoms with E-state index in [1.54, 1.807) is 38.2 Å². The SMILES string of the molecule is CC(C)(C)C1=CC(C=C(CC(C)(C)C(C(=CC2C=C(C(C)(C)C)C(O)=C(C(C)(C)C)C2)C(=O)O)(C(=CC2C=C(C(C)(C)C)C(O)=C(C(C)(C)C)C2)C(=O)O)C(=CC2C=C(C(C)(C)C)C(O)=C(C(C)(C)C)C2)C(=O)O)C(=O)O)CC(C(C)(C)C)=C1O. The summed E-state index contributed by atoms with van der Waals surface area (Å²) in [6.45, 7) is 49.5. The molecule has 0 radical (unpaired) electrons. The van der Waals surface area contributed by atoms with Gasteiger partial charge in [-0.15, -0.1) is 0 Å². The van der Waals surface area contributed by atoms with Crippen LogP contribution in [-0.2, 0) is 19.2 Å². The Bertz CT molecular complexity index is 2850. The van der Waals surface area contributed by atoms with E-state index < -0.39 is 125 Å². The van der Waals surface area contributed by atoms with E-state index in [0.717, 1.165) is 0 Å². The highest BCUT2D eigenvalue weighted by Crippen LogP contribution is 2.61. The molecular formula is C73H108O12. The zero-order valence-corrected chi connectivity index (χ0v) is 56.7. The highest BCUT2D eigenvalue weighted by molar-refractivity contribution is 6.04. The molecule has 472 valence electrons. The Morgan fingerprint density at radius 2 is 0.541 bits per heavy atom. The fourth-order valence-corrected chi connectivity index (χ4v) is 13.2. The predicted molar refractivity (Wildman–Crippen MR) is 343 cm³/mol. The first-order valence-corrected chi connectivity index (χ1v) is 30.3. The third-order valence-electron chi connectivity index (χ3n) is 17.7. The Balaban J connectivity index is 2.52. The van der Waals surface area contributed by atoms with Crippen molar-refractivity contribution in [2.24, 2.45) is 77.8 Å². The number of rotatable bonds is 14. The molecule has 85 heavy (non-hydrogen) atoms. The zero-order valence-electron chi connectivity index (χ0n) is 56.7. The fraction of sp³-hybridized carbons (Fsp3) is 0.616. The maximum atomic E-state index is 15.3. The molecule has 0 saturated carbocycles. The number of aliphatic hydroxyl groups is 4. The molecule has 0 spiro atoms. The Morgan fingerprint density at radius 1 is 0.341 bits per heavy atom. The van der Waals surface area contributed by atoms with Crippen LogP contribution < -0.4 is 0 Å². The van der Waals surface area contributed by atoms with Crippen molar-refractivity contribution in [3.8, 4) is 0 Å². The van der Waals surface area contributed by atoms with Crippen LogP contribution in [0.2, 0.25) is 0 Å². The van der Waals surface area contributed by atoms with Gasteiger partial charge in [0.2, 0.25) is 0 Å². The summed E-state index contributed by atoms with van der Waals surface area (Å²) < 4.78 is 0. The quantitative estimate of drug-likeness (QED) is 0.0760. The number of carbonyl (C=O) groups is 4. The number of hydrogen-bond acceptors (Lipinski definition) is 8. The first kappa shape index (κ1) is 71.4. The molecule has 0 aromatic rings. The second kappa shape index (κ2) is 23.9. The molecule has 0 heterocycles. The van der Waals surface area contributed by atoms with Crippen LogP contribution in [0.25, 0.3) is 0 Å². The Labute approximate surface area is 510 Å². The lowest BCUT2D eigenvalue weighted by Crippen LogP contribution is -2.50. The van der Waals surface area contributed by atoms with E-state index >= 15 is 14.4 Å². The average molecular weight is 1180 g/mol. The number of carboxylic acid groups (broad SMARTS) is 4. The summed E-state index contributed by atoms with van der Waals surface area (Å²) in [6.07, 6.45) is 12.9. The number of aliphatic hydroxyl groups excluding tert-OH is 4. The molecule has 0 amide bonds. The van der Waals surface area contributed by atoms with Crippen LogP contribution in [0, 0.1) is 77.8 Å². The summed E-state index contributed by atoms with van der Waals surface area (Å²) in [5.41, 5.74) is -7.51. The van der Waals surface area contributed by atoms with E-state index in [0.29, 0.717) is 44.6 Å². The summed E-state index contributed by atoms with van der Waals surface area (Å²) >= 11 is 0. The van der Waals surface area contributed by atoms with Gasteiger partial charge in [0.05, 0.1) is 5.41 Å². The van der Waals surface area contributed by atoms with Crippen molar-refractivity contribution in [3.05, 3.63) is 139 Å². The van der Waals surface area contributed by atoms with Crippen LogP contribution in [0.15, 0.2) is 139 Å². The monoisotopic (exact) mass is 1180 g/mol. The highest BCUT2D eigenvalue weighted by Gasteiger charge is 2.60. The topological polar surface area (TPSA) is 230 Å². The van der Waals surface area contributed by atoms with Crippen LogP contribution in [0.4, 0.5) is 0 Å². The maximum Gasteiger partial charge on any atom is 0.332 e. The van der Waals surface area contributed by atoms with Gasteiger partial charge in [0.25, 0.3) is 0 Å². The number of allylic oxidation sites excluding steroid dienone is 16. The molecule has 0 bridgehead atoms. The third kappa shape index (κ3) is 15.6. The van der Waals surface area contributed by atoms with Crippen LogP contribution in [0.5, 0.6) is 0 Å². The van der Waals surface area contributed by atoms with Crippen molar-refractivity contribution in [1.29, 1.82) is 0 Å². The number of carboxylic acids is 4. The minimum absolute atomic E-state index is 0.0557. The van der Waals surface area contributed by atoms with Crippen molar-refractivity contribution in [3.63, 3.8) is 0 Å². The van der Waals surface area contributed by atoms with Gasteiger partial charge in [-0.05, 0) is 125 Å². The highest BCUT2D eigenvalue weighted by atomic mass is 16.4. The lowest BCUT2D eigenvalue weighted by atomic mass is 9.50. The molecule has 0 saturated heterocycles. The molecule has 0 aliphatic heterocycles. The molecule has 4 aliphatic carbocycles. The summed E-state index contributed by atoms with van der Waals surface area (Å²) in [5, 5.41) is 96.9. The van der Waals surface area contributed by atoms with E-state index in [-0.39, 0.29) is 54.3 Å². The average Bonchev–Trinajstić information content (AvgIpc) is 1.64. The standard InChI is InChI=1S/C73H108O12/c1-64(2,3)45-28-40(29-46(56(45)74)65(4,5)6)27-44(60(78)79)39-72(25,26)73(53(61(80)81)36-41-30-47(66(7,8)9)57(75)48(31-41)67(10,11)12,54(62(82)83)37-42-32-49(68(13,14)15)58(76)50(33-42)69(16,17)18)55(63(84)85)38-43-34-51(70(19,20)21)59(77)52(35-43)71(22,23)24/h27-28,30,32,34,36-38,40-43,74-77H,29,31,33,35,39H2,1-26H3,(H,78,79)(H,80,81)(H,82,83)(H,84,85). The van der Waals surface area contributed by atoms with Gasteiger partial charge in [-0.1, -0.05) is 229 Å². The van der Waals surface area contributed by atoms with Gasteiger partial charge < -0.3 is 40.9 Å². The Hall–Kier alpha value is -6.04. The van der Waals surface area contributed by atoms with Crippen LogP contribution in [0.3, 0.4) is 0 Å². The molecule has 12 heteroatoms. The Kier molecular flexibility index (Phi) is 20.1. The predicted octanol–water partition coefficient (Wildman–Crippen LogP) is 18.8. The first-order valence-electron chi connectivity index (χ1n) is 30.3. The lowest BCUT2D eigenvalue weighted by molar-refractivity contribution is -0.138. The van der Waals surface area contributed by atoms with Gasteiger partial charge in [-0.3, -0.25) is 0 Å². The van der Waals surface area contributed by atoms with Crippen molar-refractivity contribution >= 4 is 23.9 Å². The normalized spacial score (nSPS) is 22.9. The molecule has 0 aromatic carbocycles. The largest absolute Gasteiger partial charge is 0.508 e. The van der Waals surface area contributed by atoms with Crippen molar-refractivity contribution < 1.29 is 60.0 Å². The molecule has 0 aromatic heterocycles. The summed E-state index contributed by atoms with van der Waals surface area (Å²) in [6, 6.07) is 0. The van der Waals surface area contributed by atoms with Gasteiger partial charge in [0.1, 0.15) is 23.0 Å². The van der Waals surface area contributed by atoms with Gasteiger partial charge in [0, 0.05) is 46.0 Å². The minimum Gasteiger partial charge on any atom is -0.508 e. The number of hydrogen-bond donors (Lipinski definition) is 8. The molecular weight excluding hydrogens is 1070 g/mol. The van der Waals surface area contributed by atoms with E-state index in [2.05, 4.69) is 0 Å². The first-order chi connectivity index (χ1) is 37.9. The smallest absolute Gasteiger partial charge is 0.332 e. The van der Waals surface area contributed by atoms with Crippen LogP contribution in [0.1, 0.15) is 212 Å². The van der Waals surface area contributed by atoms with Crippen molar-refractivity contribution in [2.45, 2.75) is 212 Å². The molecule has 4 rings (SSSR count). The zero-order chi connectivity index (χ0) is 66.0. The van der Waals surface area contributed by atoms with E-state index in [1.165, 1.54) is 18.2 Å². The van der Waals surface area contributed by atoms with E-state index in [1.807, 2.05) is 172 Å². The molecule has 4 unspecified atom stereocenters. The van der Waals surface area contributed by atoms with Crippen LogP contribution in [-0.4, -0.2) is 64.7 Å². The van der Waals surface area contributed by atoms with Crippen LogP contribution >= 0.6 is 0 Å². The molecule has 4 atom stereocenters. The third-order valence-corrected chi connectivity index (χ3v) is 17.7.